The zero-order chi connectivity index (χ0) is 13.5. The van der Waals surface area contributed by atoms with Crippen molar-refractivity contribution in [2.45, 2.75) is 31.7 Å². The van der Waals surface area contributed by atoms with Crippen LogP contribution in [-0.4, -0.2) is 30.3 Å². The van der Waals surface area contributed by atoms with Crippen LogP contribution in [0.3, 0.4) is 0 Å². The van der Waals surface area contributed by atoms with E-state index in [1.807, 2.05) is 13.0 Å². The minimum Gasteiger partial charge on any atom is -0.324 e. The molecule has 4 heteroatoms. The third-order valence-electron chi connectivity index (χ3n) is 3.04. The van der Waals surface area contributed by atoms with Gasteiger partial charge in [0.15, 0.2) is 0 Å². The fourth-order valence-corrected chi connectivity index (χ4v) is 3.03. The molecule has 0 amide bonds. The maximum absolute atomic E-state index is 13.8. The molecule has 1 aromatic rings. The highest BCUT2D eigenvalue weighted by Crippen LogP contribution is 2.29. The van der Waals surface area contributed by atoms with E-state index in [1.165, 1.54) is 6.07 Å². The second-order valence-corrected chi connectivity index (χ2v) is 5.43. The van der Waals surface area contributed by atoms with E-state index >= 15 is 0 Å². The molecule has 1 unspecified atom stereocenters. The molecular weight excluding hydrogens is 247 g/mol. The van der Waals surface area contributed by atoms with E-state index in [9.17, 15) is 4.39 Å². The van der Waals surface area contributed by atoms with Crippen LogP contribution in [0.4, 0.5) is 4.39 Å². The number of nitrogens with zero attached hydrogens (tertiary/aromatic N) is 1. The first-order valence-electron chi connectivity index (χ1n) is 6.49. The molecule has 0 fully saturated rings. The molecule has 0 aliphatic heterocycles. The third kappa shape index (κ3) is 4.26. The Balaban J connectivity index is 2.66. The molecule has 1 atom stereocenters. The second-order valence-electron chi connectivity index (χ2n) is 4.32. The molecule has 1 aromatic carbocycles. The van der Waals surface area contributed by atoms with Gasteiger partial charge in [0.1, 0.15) is 5.82 Å². The molecule has 0 saturated carbocycles. The molecule has 2 nitrogen and oxygen atoms in total. The van der Waals surface area contributed by atoms with E-state index in [0.29, 0.717) is 4.90 Å². The molecule has 0 heterocycles. The summed E-state index contributed by atoms with van der Waals surface area (Å²) in [7, 11) is 0. The molecular formula is C14H23FN2S. The van der Waals surface area contributed by atoms with Gasteiger partial charge in [0, 0.05) is 23.2 Å². The number of hydrogen-bond acceptors (Lipinski definition) is 3. The van der Waals surface area contributed by atoms with Gasteiger partial charge in [-0.1, -0.05) is 26.0 Å². The highest BCUT2D eigenvalue weighted by atomic mass is 32.2. The van der Waals surface area contributed by atoms with Crippen LogP contribution in [0.15, 0.2) is 23.1 Å². The zero-order valence-electron chi connectivity index (χ0n) is 11.4. The summed E-state index contributed by atoms with van der Waals surface area (Å²) in [5.41, 5.74) is 6.78. The summed E-state index contributed by atoms with van der Waals surface area (Å²) >= 11 is 1.56. The van der Waals surface area contributed by atoms with E-state index in [4.69, 9.17) is 5.73 Å². The lowest BCUT2D eigenvalue weighted by atomic mass is 10.1. The van der Waals surface area contributed by atoms with Crippen molar-refractivity contribution in [1.82, 2.24) is 4.90 Å². The third-order valence-corrected chi connectivity index (χ3v) is 4.14. The predicted octanol–water partition coefficient (Wildman–Crippen LogP) is 3.28. The van der Waals surface area contributed by atoms with Crippen LogP contribution < -0.4 is 5.73 Å². The Morgan fingerprint density at radius 1 is 1.33 bits per heavy atom. The summed E-state index contributed by atoms with van der Waals surface area (Å²) in [6.45, 7) is 9.23. The first kappa shape index (κ1) is 15.5. The van der Waals surface area contributed by atoms with Crippen molar-refractivity contribution in [3.05, 3.63) is 29.6 Å². The van der Waals surface area contributed by atoms with E-state index in [-0.39, 0.29) is 11.9 Å². The van der Waals surface area contributed by atoms with Gasteiger partial charge in [-0.05, 0) is 31.6 Å². The minimum absolute atomic E-state index is 0.128. The lowest BCUT2D eigenvalue weighted by Gasteiger charge is -2.18. The maximum atomic E-state index is 13.8. The maximum Gasteiger partial charge on any atom is 0.137 e. The molecule has 0 aliphatic rings. The molecule has 0 saturated heterocycles. The fourth-order valence-electron chi connectivity index (χ4n) is 1.85. The van der Waals surface area contributed by atoms with E-state index < -0.39 is 0 Å². The summed E-state index contributed by atoms with van der Waals surface area (Å²) in [4.78, 5) is 3.04. The fraction of sp³-hybridized carbons (Fsp3) is 0.571. The number of rotatable bonds is 7. The number of hydrogen-bond donors (Lipinski definition) is 1. The second kappa shape index (κ2) is 7.77. The predicted molar refractivity (Wildman–Crippen MR) is 77.5 cm³/mol. The van der Waals surface area contributed by atoms with Gasteiger partial charge in [0.2, 0.25) is 0 Å². The summed E-state index contributed by atoms with van der Waals surface area (Å²) in [5, 5.41) is 0. The van der Waals surface area contributed by atoms with Gasteiger partial charge in [-0.15, -0.1) is 11.8 Å². The van der Waals surface area contributed by atoms with E-state index in [0.717, 1.165) is 31.0 Å². The van der Waals surface area contributed by atoms with Crippen molar-refractivity contribution >= 4 is 11.8 Å². The first-order chi connectivity index (χ1) is 8.60. The van der Waals surface area contributed by atoms with Crippen molar-refractivity contribution in [2.75, 3.05) is 25.4 Å². The zero-order valence-corrected chi connectivity index (χ0v) is 12.3. The van der Waals surface area contributed by atoms with E-state index in [2.05, 4.69) is 18.7 Å². The first-order valence-corrected chi connectivity index (χ1v) is 7.47. The van der Waals surface area contributed by atoms with Gasteiger partial charge in [-0.3, -0.25) is 0 Å². The Kier molecular flexibility index (Phi) is 6.68. The highest BCUT2D eigenvalue weighted by Gasteiger charge is 2.12. The van der Waals surface area contributed by atoms with Crippen molar-refractivity contribution < 1.29 is 4.39 Å². The standard InChI is InChI=1S/C14H23FN2S/c1-4-17(5-2)9-10-18-14-12(11(3)16)7-6-8-13(14)15/h6-8,11H,4-5,9-10,16H2,1-3H3. The van der Waals surface area contributed by atoms with Gasteiger partial charge in [0.25, 0.3) is 0 Å². The Morgan fingerprint density at radius 3 is 2.56 bits per heavy atom. The average Bonchev–Trinajstić information content (AvgIpc) is 2.36. The molecule has 102 valence electrons. The summed E-state index contributed by atoms with van der Waals surface area (Å²) in [5.74, 6) is 0.733. The molecule has 2 N–H and O–H groups in total. The number of nitrogens with two attached hydrogens (primary N) is 1. The SMILES string of the molecule is CCN(CC)CCSc1c(F)cccc1C(C)N. The molecule has 0 radical (unpaired) electrons. The van der Waals surface area contributed by atoms with Crippen LogP contribution >= 0.6 is 11.8 Å². The van der Waals surface area contributed by atoms with Crippen molar-refractivity contribution in [2.24, 2.45) is 5.73 Å². The number of halogens is 1. The minimum atomic E-state index is -0.158. The Hall–Kier alpha value is -0.580. The van der Waals surface area contributed by atoms with Gasteiger partial charge in [0.05, 0.1) is 0 Å². The van der Waals surface area contributed by atoms with Crippen LogP contribution in [0.2, 0.25) is 0 Å². The Bertz CT molecular complexity index is 365. The normalized spacial score (nSPS) is 13.0. The van der Waals surface area contributed by atoms with Crippen molar-refractivity contribution in [1.29, 1.82) is 0 Å². The smallest absolute Gasteiger partial charge is 0.137 e. The molecule has 0 aliphatic carbocycles. The lowest BCUT2D eigenvalue weighted by molar-refractivity contribution is 0.324. The largest absolute Gasteiger partial charge is 0.324 e. The number of benzene rings is 1. The summed E-state index contributed by atoms with van der Waals surface area (Å²) in [6, 6.07) is 5.01. The lowest BCUT2D eigenvalue weighted by Crippen LogP contribution is -2.25. The van der Waals surface area contributed by atoms with Gasteiger partial charge in [-0.2, -0.15) is 0 Å². The average molecular weight is 270 g/mol. The van der Waals surface area contributed by atoms with Gasteiger partial charge < -0.3 is 10.6 Å². The van der Waals surface area contributed by atoms with Crippen LogP contribution in [0.25, 0.3) is 0 Å². The molecule has 0 spiro atoms. The highest BCUT2D eigenvalue weighted by molar-refractivity contribution is 7.99. The molecule has 18 heavy (non-hydrogen) atoms. The van der Waals surface area contributed by atoms with Gasteiger partial charge >= 0.3 is 0 Å². The molecule has 1 rings (SSSR count). The Morgan fingerprint density at radius 2 is 2.00 bits per heavy atom. The van der Waals surface area contributed by atoms with Crippen molar-refractivity contribution in [3.8, 4) is 0 Å². The summed E-state index contributed by atoms with van der Waals surface area (Å²) < 4.78 is 13.8. The molecule has 0 bridgehead atoms. The van der Waals surface area contributed by atoms with Crippen LogP contribution in [0, 0.1) is 5.82 Å². The van der Waals surface area contributed by atoms with Crippen LogP contribution in [0.5, 0.6) is 0 Å². The van der Waals surface area contributed by atoms with E-state index in [1.54, 1.807) is 17.8 Å². The van der Waals surface area contributed by atoms with Crippen LogP contribution in [-0.2, 0) is 0 Å². The summed E-state index contributed by atoms with van der Waals surface area (Å²) in [6.07, 6.45) is 0. The van der Waals surface area contributed by atoms with Crippen molar-refractivity contribution in [3.63, 3.8) is 0 Å². The Labute approximate surface area is 114 Å². The topological polar surface area (TPSA) is 29.3 Å². The quantitative estimate of drug-likeness (QED) is 0.771. The number of thioether (sulfide) groups is 1. The van der Waals surface area contributed by atoms with Crippen LogP contribution in [0.1, 0.15) is 32.4 Å². The van der Waals surface area contributed by atoms with Gasteiger partial charge in [-0.25, -0.2) is 4.39 Å². The molecule has 0 aromatic heterocycles. The monoisotopic (exact) mass is 270 g/mol.